The Morgan fingerprint density at radius 1 is 1.14 bits per heavy atom. The SMILES string of the molecule is NC(=O)c1nc(-c2cccc(O)c2)nc2c1[nH]c(=O)n2-c1ccc(F)cc1F. The smallest absolute Gasteiger partial charge is 0.332 e. The number of hydrogen-bond donors (Lipinski definition) is 3. The van der Waals surface area contributed by atoms with Gasteiger partial charge >= 0.3 is 5.69 Å². The number of carbonyl (C=O) groups is 1. The fraction of sp³-hybridized carbons (Fsp3) is 0. The third-order valence-corrected chi connectivity index (χ3v) is 4.03. The van der Waals surface area contributed by atoms with Gasteiger partial charge in [-0.1, -0.05) is 12.1 Å². The van der Waals surface area contributed by atoms with Gasteiger partial charge in [0, 0.05) is 11.6 Å². The normalized spacial score (nSPS) is 11.1. The van der Waals surface area contributed by atoms with Gasteiger partial charge in [-0.25, -0.2) is 28.1 Å². The second kappa shape index (κ2) is 6.27. The van der Waals surface area contributed by atoms with Crippen molar-refractivity contribution in [3.63, 3.8) is 0 Å². The topological polar surface area (TPSA) is 127 Å². The minimum Gasteiger partial charge on any atom is -0.508 e. The van der Waals surface area contributed by atoms with Gasteiger partial charge in [0.15, 0.2) is 17.2 Å². The molecule has 2 aromatic heterocycles. The molecule has 0 atom stereocenters. The average molecular weight is 383 g/mol. The number of H-pyrrole nitrogens is 1. The number of rotatable bonds is 3. The van der Waals surface area contributed by atoms with E-state index in [9.17, 15) is 23.5 Å². The van der Waals surface area contributed by atoms with Crippen molar-refractivity contribution in [2.75, 3.05) is 0 Å². The van der Waals surface area contributed by atoms with Gasteiger partial charge in [-0.05, 0) is 24.3 Å². The third-order valence-electron chi connectivity index (χ3n) is 4.03. The number of aromatic amines is 1. The number of nitrogens with two attached hydrogens (primary N) is 1. The Hall–Kier alpha value is -4.08. The van der Waals surface area contributed by atoms with E-state index in [0.29, 0.717) is 11.6 Å². The van der Waals surface area contributed by atoms with Crippen molar-refractivity contribution in [3.05, 3.63) is 70.3 Å². The summed E-state index contributed by atoms with van der Waals surface area (Å²) >= 11 is 0. The van der Waals surface area contributed by atoms with Crippen LogP contribution in [0.1, 0.15) is 10.5 Å². The molecule has 0 saturated heterocycles. The molecule has 1 amide bonds. The van der Waals surface area contributed by atoms with Gasteiger partial charge in [-0.2, -0.15) is 0 Å². The third kappa shape index (κ3) is 2.76. The summed E-state index contributed by atoms with van der Waals surface area (Å²) < 4.78 is 28.4. The molecule has 0 unspecified atom stereocenters. The lowest BCUT2D eigenvalue weighted by atomic mass is 10.2. The standard InChI is InChI=1S/C18H11F2N5O3/c19-9-4-5-12(11(20)7-9)25-17-14(23-18(25)28)13(15(21)27)22-16(24-17)8-2-1-3-10(26)6-8/h1-7,26H,(H2,21,27)(H,23,28). The molecule has 4 N–H and O–H groups in total. The molecule has 0 spiro atoms. The van der Waals surface area contributed by atoms with Crippen molar-refractivity contribution in [3.8, 4) is 22.8 Å². The van der Waals surface area contributed by atoms with Crippen LogP contribution in [0.3, 0.4) is 0 Å². The monoisotopic (exact) mass is 383 g/mol. The molecule has 10 heteroatoms. The van der Waals surface area contributed by atoms with Crippen LogP contribution >= 0.6 is 0 Å². The molecule has 4 rings (SSSR count). The largest absolute Gasteiger partial charge is 0.508 e. The lowest BCUT2D eigenvalue weighted by Gasteiger charge is -2.07. The highest BCUT2D eigenvalue weighted by Crippen LogP contribution is 2.25. The fourth-order valence-corrected chi connectivity index (χ4v) is 2.82. The van der Waals surface area contributed by atoms with Gasteiger partial charge in [0.05, 0.1) is 5.69 Å². The molecule has 0 bridgehead atoms. The molecule has 0 aliphatic carbocycles. The quantitative estimate of drug-likeness (QED) is 0.498. The number of benzene rings is 2. The number of halogens is 2. The fourth-order valence-electron chi connectivity index (χ4n) is 2.82. The Morgan fingerprint density at radius 3 is 2.61 bits per heavy atom. The molecule has 8 nitrogen and oxygen atoms in total. The van der Waals surface area contributed by atoms with Gasteiger partial charge in [0.1, 0.15) is 22.9 Å². The number of aromatic hydroxyl groups is 1. The van der Waals surface area contributed by atoms with Crippen molar-refractivity contribution >= 4 is 17.1 Å². The van der Waals surface area contributed by atoms with E-state index in [2.05, 4.69) is 15.0 Å². The second-order valence-corrected chi connectivity index (χ2v) is 5.87. The minimum absolute atomic E-state index is 0.0209. The first-order valence-corrected chi connectivity index (χ1v) is 7.92. The maximum Gasteiger partial charge on any atom is 0.332 e. The number of primary amides is 1. The number of hydrogen-bond acceptors (Lipinski definition) is 5. The Bertz CT molecular complexity index is 1310. The minimum atomic E-state index is -0.999. The van der Waals surface area contributed by atoms with E-state index in [1.165, 1.54) is 18.2 Å². The molecular formula is C18H11F2N5O3. The van der Waals surface area contributed by atoms with Crippen LogP contribution in [0.25, 0.3) is 28.2 Å². The van der Waals surface area contributed by atoms with E-state index in [1.54, 1.807) is 6.07 Å². The summed E-state index contributed by atoms with van der Waals surface area (Å²) in [5.41, 5.74) is 4.11. The highest BCUT2D eigenvalue weighted by molar-refractivity contribution is 6.02. The Morgan fingerprint density at radius 2 is 1.93 bits per heavy atom. The molecule has 2 heterocycles. The van der Waals surface area contributed by atoms with Crippen LogP contribution in [-0.4, -0.2) is 30.5 Å². The van der Waals surface area contributed by atoms with E-state index >= 15 is 0 Å². The van der Waals surface area contributed by atoms with Crippen molar-refractivity contribution in [1.82, 2.24) is 19.5 Å². The predicted octanol–water partition coefficient (Wildman–Crippen LogP) is 1.86. The predicted molar refractivity (Wildman–Crippen MR) is 95.0 cm³/mol. The van der Waals surface area contributed by atoms with Crippen LogP contribution in [-0.2, 0) is 0 Å². The maximum absolute atomic E-state index is 14.3. The van der Waals surface area contributed by atoms with E-state index in [-0.39, 0.29) is 34.1 Å². The summed E-state index contributed by atoms with van der Waals surface area (Å²) in [5.74, 6) is -2.85. The molecule has 2 aromatic carbocycles. The van der Waals surface area contributed by atoms with Gasteiger partial charge in [-0.3, -0.25) is 4.79 Å². The van der Waals surface area contributed by atoms with E-state index in [0.717, 1.165) is 16.7 Å². The second-order valence-electron chi connectivity index (χ2n) is 5.87. The summed E-state index contributed by atoms with van der Waals surface area (Å²) in [7, 11) is 0. The number of phenols is 1. The first-order chi connectivity index (χ1) is 13.3. The molecule has 28 heavy (non-hydrogen) atoms. The van der Waals surface area contributed by atoms with E-state index in [1.807, 2.05) is 0 Å². The summed E-state index contributed by atoms with van der Waals surface area (Å²) in [6.07, 6.45) is 0. The first kappa shape index (κ1) is 17.3. The average Bonchev–Trinajstić information content (AvgIpc) is 2.96. The van der Waals surface area contributed by atoms with Gasteiger partial charge in [0.2, 0.25) is 0 Å². The van der Waals surface area contributed by atoms with Crippen LogP contribution in [0.4, 0.5) is 8.78 Å². The van der Waals surface area contributed by atoms with Crippen LogP contribution in [0, 0.1) is 11.6 Å². The molecule has 0 saturated carbocycles. The highest BCUT2D eigenvalue weighted by atomic mass is 19.1. The summed E-state index contributed by atoms with van der Waals surface area (Å²) in [5, 5.41) is 9.67. The van der Waals surface area contributed by atoms with Crippen molar-refractivity contribution < 1.29 is 18.7 Å². The number of nitrogens with zero attached hydrogens (tertiary/aromatic N) is 3. The lowest BCUT2D eigenvalue weighted by molar-refractivity contribution is 0.0997. The molecule has 0 radical (unpaired) electrons. The number of phenolic OH excluding ortho intramolecular Hbond substituents is 1. The number of aromatic nitrogens is 4. The molecule has 0 aliphatic heterocycles. The zero-order chi connectivity index (χ0) is 20.0. The van der Waals surface area contributed by atoms with Crippen LogP contribution in [0.15, 0.2) is 47.3 Å². The van der Waals surface area contributed by atoms with E-state index in [4.69, 9.17) is 5.73 Å². The van der Waals surface area contributed by atoms with Gasteiger partial charge < -0.3 is 15.8 Å². The highest BCUT2D eigenvalue weighted by Gasteiger charge is 2.21. The van der Waals surface area contributed by atoms with Crippen LogP contribution in [0.2, 0.25) is 0 Å². The molecule has 0 aliphatic rings. The number of nitrogens with one attached hydrogen (secondary N) is 1. The first-order valence-electron chi connectivity index (χ1n) is 7.92. The Labute approximate surface area is 154 Å². The molecular weight excluding hydrogens is 372 g/mol. The van der Waals surface area contributed by atoms with Crippen LogP contribution in [0.5, 0.6) is 5.75 Å². The van der Waals surface area contributed by atoms with Gasteiger partial charge in [0.25, 0.3) is 5.91 Å². The zero-order valence-electron chi connectivity index (χ0n) is 14.0. The summed E-state index contributed by atoms with van der Waals surface area (Å²) in [6.45, 7) is 0. The Balaban J connectivity index is 2.08. The Kier molecular flexibility index (Phi) is 3.88. The van der Waals surface area contributed by atoms with Crippen LogP contribution < -0.4 is 11.4 Å². The molecule has 4 aromatic rings. The van der Waals surface area contributed by atoms with Crippen molar-refractivity contribution in [1.29, 1.82) is 0 Å². The lowest BCUT2D eigenvalue weighted by Crippen LogP contribution is -2.16. The van der Waals surface area contributed by atoms with Gasteiger partial charge in [-0.15, -0.1) is 0 Å². The summed E-state index contributed by atoms with van der Waals surface area (Å²) in [6, 6.07) is 8.55. The number of fused-ring (bicyclic) bond motifs is 1. The van der Waals surface area contributed by atoms with Crippen molar-refractivity contribution in [2.24, 2.45) is 5.73 Å². The summed E-state index contributed by atoms with van der Waals surface area (Å²) in [4.78, 5) is 35.0. The maximum atomic E-state index is 14.3. The van der Waals surface area contributed by atoms with E-state index < -0.39 is 23.2 Å². The number of carbonyl (C=O) groups excluding carboxylic acids is 1. The van der Waals surface area contributed by atoms with Crippen molar-refractivity contribution in [2.45, 2.75) is 0 Å². The molecule has 140 valence electrons. The number of amides is 1. The number of imidazole rings is 1. The molecule has 0 fully saturated rings. The zero-order valence-corrected chi connectivity index (χ0v) is 14.0.